The number of carbonyl (C=O) groups is 2. The molecule has 0 aliphatic carbocycles. The first kappa shape index (κ1) is 16.6. The van der Waals surface area contributed by atoms with Crippen LogP contribution in [0, 0.1) is 0 Å². The molecule has 0 bridgehead atoms. The van der Waals surface area contributed by atoms with Gasteiger partial charge in [0.25, 0.3) is 11.8 Å². The van der Waals surface area contributed by atoms with E-state index in [1.54, 1.807) is 21.8 Å². The number of fused-ring (bicyclic) bond motifs is 2. The van der Waals surface area contributed by atoms with Gasteiger partial charge in [-0.25, -0.2) is 9.97 Å². The van der Waals surface area contributed by atoms with Crippen LogP contribution in [0.15, 0.2) is 46.0 Å². The van der Waals surface area contributed by atoms with Crippen LogP contribution in [0.2, 0.25) is 0 Å². The number of anilines is 1. The van der Waals surface area contributed by atoms with E-state index in [9.17, 15) is 9.59 Å². The third-order valence-electron chi connectivity index (χ3n) is 5.42. The third kappa shape index (κ3) is 2.59. The van der Waals surface area contributed by atoms with Crippen molar-refractivity contribution in [2.24, 2.45) is 0 Å². The van der Waals surface area contributed by atoms with Crippen LogP contribution >= 0.6 is 22.7 Å². The van der Waals surface area contributed by atoms with E-state index in [-0.39, 0.29) is 17.2 Å². The Kier molecular flexibility index (Phi) is 3.84. The number of rotatable bonds is 2. The summed E-state index contributed by atoms with van der Waals surface area (Å²) in [6.07, 6.45) is 0.834. The van der Waals surface area contributed by atoms with Gasteiger partial charge in [0.15, 0.2) is 0 Å². The molecule has 1 aromatic carbocycles. The van der Waals surface area contributed by atoms with Crippen LogP contribution in [0.25, 0.3) is 0 Å². The van der Waals surface area contributed by atoms with E-state index < -0.39 is 0 Å². The maximum absolute atomic E-state index is 13.0. The quantitative estimate of drug-likeness (QED) is 0.668. The van der Waals surface area contributed by atoms with E-state index in [0.29, 0.717) is 31.0 Å². The first-order chi connectivity index (χ1) is 13.2. The minimum Gasteiger partial charge on any atom is -0.336 e. The molecule has 3 aromatic rings. The normalized spacial score (nSPS) is 21.0. The number of aromatic nitrogens is 2. The van der Waals surface area contributed by atoms with Gasteiger partial charge < -0.3 is 9.80 Å². The monoisotopic (exact) mass is 396 g/mol. The maximum Gasteiger partial charge on any atom is 0.277 e. The minimum atomic E-state index is -0.228. The van der Waals surface area contributed by atoms with Crippen molar-refractivity contribution in [1.82, 2.24) is 14.9 Å². The predicted molar refractivity (Wildman–Crippen MR) is 105 cm³/mol. The number of benzene rings is 1. The number of nitrogens with zero attached hydrogens (tertiary/aromatic N) is 4. The second-order valence-corrected chi connectivity index (χ2v) is 8.35. The second kappa shape index (κ2) is 6.24. The Morgan fingerprint density at radius 1 is 0.963 bits per heavy atom. The molecule has 2 aliphatic rings. The molecule has 6 nitrogen and oxygen atoms in total. The van der Waals surface area contributed by atoms with Crippen molar-refractivity contribution in [2.45, 2.75) is 11.8 Å². The van der Waals surface area contributed by atoms with Gasteiger partial charge in [0, 0.05) is 41.5 Å². The van der Waals surface area contributed by atoms with Crippen LogP contribution < -0.4 is 4.90 Å². The molecule has 4 heterocycles. The van der Waals surface area contributed by atoms with Crippen molar-refractivity contribution < 1.29 is 9.59 Å². The van der Waals surface area contributed by atoms with Crippen molar-refractivity contribution >= 4 is 40.2 Å². The van der Waals surface area contributed by atoms with E-state index in [1.165, 1.54) is 22.7 Å². The van der Waals surface area contributed by atoms with Gasteiger partial charge in [-0.2, -0.15) is 0 Å². The molecule has 1 fully saturated rings. The SMILES string of the molecule is O=C(c1cscn1)N1CCC2(C1)CN(C(=O)c1cscn1)c1ccccc12. The number of hydrogen-bond donors (Lipinski definition) is 0. The van der Waals surface area contributed by atoms with Crippen molar-refractivity contribution in [3.8, 4) is 0 Å². The molecule has 5 rings (SSSR count). The highest BCUT2D eigenvalue weighted by molar-refractivity contribution is 7.08. The van der Waals surface area contributed by atoms with Crippen molar-refractivity contribution in [1.29, 1.82) is 0 Å². The summed E-state index contributed by atoms with van der Waals surface area (Å²) in [5.74, 6) is -0.111. The molecular weight excluding hydrogens is 380 g/mol. The number of hydrogen-bond acceptors (Lipinski definition) is 6. The summed E-state index contributed by atoms with van der Waals surface area (Å²) in [6.45, 7) is 1.84. The Balaban J connectivity index is 1.47. The molecule has 2 aliphatic heterocycles. The van der Waals surface area contributed by atoms with Crippen LogP contribution in [0.5, 0.6) is 0 Å². The minimum absolute atomic E-state index is 0.0325. The standard InChI is InChI=1S/C19H16N4O2S2/c24-17(14-7-26-11-20-14)22-6-5-19(9-22)10-23(16-4-2-1-3-13(16)19)18(25)15-8-27-12-21-15/h1-4,7-8,11-12H,5-6,9-10H2. The largest absolute Gasteiger partial charge is 0.336 e. The topological polar surface area (TPSA) is 66.4 Å². The molecule has 1 atom stereocenters. The number of carbonyl (C=O) groups excluding carboxylic acids is 2. The van der Waals surface area contributed by atoms with Gasteiger partial charge in [-0.3, -0.25) is 9.59 Å². The smallest absolute Gasteiger partial charge is 0.277 e. The van der Waals surface area contributed by atoms with Crippen LogP contribution in [0.3, 0.4) is 0 Å². The lowest BCUT2D eigenvalue weighted by Crippen LogP contribution is -2.40. The number of amides is 2. The van der Waals surface area contributed by atoms with Crippen LogP contribution in [-0.4, -0.2) is 46.3 Å². The first-order valence-electron chi connectivity index (χ1n) is 8.65. The number of likely N-dealkylation sites (tertiary alicyclic amines) is 1. The summed E-state index contributed by atoms with van der Waals surface area (Å²) >= 11 is 2.84. The van der Waals surface area contributed by atoms with Gasteiger partial charge in [0.1, 0.15) is 11.4 Å². The van der Waals surface area contributed by atoms with E-state index in [2.05, 4.69) is 16.0 Å². The molecule has 136 valence electrons. The van der Waals surface area contributed by atoms with E-state index >= 15 is 0 Å². The summed E-state index contributed by atoms with van der Waals surface area (Å²) in [5.41, 5.74) is 6.17. The summed E-state index contributed by atoms with van der Waals surface area (Å²) in [7, 11) is 0. The van der Waals surface area contributed by atoms with Crippen molar-refractivity contribution in [2.75, 3.05) is 24.5 Å². The zero-order valence-corrected chi connectivity index (χ0v) is 16.0. The first-order valence-corrected chi connectivity index (χ1v) is 10.5. The Labute approximate surface area is 164 Å². The fraction of sp³-hybridized carbons (Fsp3) is 0.263. The summed E-state index contributed by atoms with van der Waals surface area (Å²) < 4.78 is 0. The second-order valence-electron chi connectivity index (χ2n) is 6.91. The van der Waals surface area contributed by atoms with Gasteiger partial charge in [0.2, 0.25) is 0 Å². The third-order valence-corrected chi connectivity index (χ3v) is 6.59. The lowest BCUT2D eigenvalue weighted by atomic mass is 9.81. The molecule has 0 N–H and O–H groups in total. The van der Waals surface area contributed by atoms with Gasteiger partial charge in [-0.05, 0) is 18.1 Å². The zero-order valence-electron chi connectivity index (χ0n) is 14.4. The number of thiazole rings is 2. The van der Waals surface area contributed by atoms with Gasteiger partial charge in [0.05, 0.1) is 11.0 Å². The molecule has 0 saturated carbocycles. The van der Waals surface area contributed by atoms with Crippen LogP contribution in [0.1, 0.15) is 33.0 Å². The van der Waals surface area contributed by atoms with Crippen LogP contribution in [0.4, 0.5) is 5.69 Å². The molecule has 2 amide bonds. The van der Waals surface area contributed by atoms with E-state index in [1.807, 2.05) is 28.0 Å². The number of para-hydroxylation sites is 1. The molecular formula is C19H16N4O2S2. The maximum atomic E-state index is 13.0. The molecule has 8 heteroatoms. The average Bonchev–Trinajstić information content (AvgIpc) is 3.49. The molecule has 27 heavy (non-hydrogen) atoms. The lowest BCUT2D eigenvalue weighted by molar-refractivity contribution is 0.0779. The van der Waals surface area contributed by atoms with Gasteiger partial charge in [-0.1, -0.05) is 18.2 Å². The van der Waals surface area contributed by atoms with Crippen molar-refractivity contribution in [3.63, 3.8) is 0 Å². The zero-order chi connectivity index (χ0) is 18.4. The Morgan fingerprint density at radius 3 is 2.37 bits per heavy atom. The summed E-state index contributed by atoms with van der Waals surface area (Å²) in [4.78, 5) is 37.8. The highest BCUT2D eigenvalue weighted by Gasteiger charge is 2.50. The lowest BCUT2D eigenvalue weighted by Gasteiger charge is -2.25. The molecule has 1 saturated heterocycles. The summed E-state index contributed by atoms with van der Waals surface area (Å²) in [5, 5.41) is 3.57. The van der Waals surface area contributed by atoms with Gasteiger partial charge >= 0.3 is 0 Å². The summed E-state index contributed by atoms with van der Waals surface area (Å²) in [6, 6.07) is 8.02. The van der Waals surface area contributed by atoms with Crippen LogP contribution in [-0.2, 0) is 5.41 Å². The highest BCUT2D eigenvalue weighted by Crippen LogP contribution is 2.46. The Morgan fingerprint density at radius 2 is 1.67 bits per heavy atom. The molecule has 1 unspecified atom stereocenters. The molecule has 2 aromatic heterocycles. The fourth-order valence-electron chi connectivity index (χ4n) is 4.14. The predicted octanol–water partition coefficient (Wildman–Crippen LogP) is 3.04. The van der Waals surface area contributed by atoms with E-state index in [4.69, 9.17) is 0 Å². The van der Waals surface area contributed by atoms with Gasteiger partial charge in [-0.15, -0.1) is 22.7 Å². The Hall–Kier alpha value is -2.58. The average molecular weight is 396 g/mol. The van der Waals surface area contributed by atoms with E-state index in [0.717, 1.165) is 17.7 Å². The Bertz CT molecular complexity index is 1000. The fourth-order valence-corrected chi connectivity index (χ4v) is 5.19. The highest BCUT2D eigenvalue weighted by atomic mass is 32.1. The molecule has 0 radical (unpaired) electrons. The molecule has 1 spiro atoms. The van der Waals surface area contributed by atoms with Crippen molar-refractivity contribution in [3.05, 3.63) is 63.0 Å².